The molecule has 0 saturated carbocycles. The Kier molecular flexibility index (Phi) is 4.98. The van der Waals surface area contributed by atoms with Crippen LogP contribution in [0.15, 0.2) is 73.6 Å². The molecule has 5 heteroatoms. The Bertz CT molecular complexity index is 493. The van der Waals surface area contributed by atoms with E-state index < -0.39 is 0 Å². The molecule has 0 aliphatic rings. The number of nitrogens with one attached hydrogen (secondary N) is 1. The van der Waals surface area contributed by atoms with E-state index in [1.54, 1.807) is 36.9 Å². The second-order valence-corrected chi connectivity index (χ2v) is 3.47. The zero-order valence-electron chi connectivity index (χ0n) is 10.2. The van der Waals surface area contributed by atoms with Crippen LogP contribution in [0.1, 0.15) is 0 Å². The van der Waals surface area contributed by atoms with Crippen molar-refractivity contribution in [1.29, 1.82) is 0 Å². The molecule has 2 aromatic heterocycles. The van der Waals surface area contributed by atoms with E-state index in [2.05, 4.69) is 25.3 Å². The van der Waals surface area contributed by atoms with Gasteiger partial charge in [0, 0.05) is 30.5 Å². The largest absolute Gasteiger partial charge is 0.324 e. The zero-order chi connectivity index (χ0) is 13.2. The van der Waals surface area contributed by atoms with E-state index in [-0.39, 0.29) is 0 Å². The molecule has 1 N–H and O–H groups in total. The molecule has 0 amide bonds. The topological polar surface area (TPSA) is 63.6 Å². The molecule has 0 saturated heterocycles. The molecule has 3 rings (SSSR count). The van der Waals surface area contributed by atoms with Crippen molar-refractivity contribution in [2.75, 3.05) is 5.32 Å². The molecule has 0 aliphatic carbocycles. The molecule has 0 radical (unpaired) electrons. The molecule has 0 bridgehead atoms. The van der Waals surface area contributed by atoms with Crippen LogP contribution in [0.2, 0.25) is 0 Å². The minimum Gasteiger partial charge on any atom is -0.324 e. The fraction of sp³-hybridized carbons (Fsp3) is 0. The molecule has 0 fully saturated rings. The van der Waals surface area contributed by atoms with Crippen LogP contribution >= 0.6 is 0 Å². The van der Waals surface area contributed by atoms with E-state index in [0.29, 0.717) is 5.95 Å². The van der Waals surface area contributed by atoms with Gasteiger partial charge in [0.1, 0.15) is 6.33 Å². The van der Waals surface area contributed by atoms with Crippen molar-refractivity contribution >= 4 is 11.6 Å². The van der Waals surface area contributed by atoms with Crippen LogP contribution in [-0.4, -0.2) is 19.9 Å². The summed E-state index contributed by atoms with van der Waals surface area (Å²) < 4.78 is 0. The van der Waals surface area contributed by atoms with Crippen LogP contribution in [0.25, 0.3) is 0 Å². The van der Waals surface area contributed by atoms with Crippen LogP contribution in [0.4, 0.5) is 11.6 Å². The van der Waals surface area contributed by atoms with Crippen molar-refractivity contribution in [2.45, 2.75) is 0 Å². The summed E-state index contributed by atoms with van der Waals surface area (Å²) in [5, 5.41) is 3.08. The van der Waals surface area contributed by atoms with Gasteiger partial charge in [-0.2, -0.15) is 0 Å². The molecular weight excluding hydrogens is 238 g/mol. The highest BCUT2D eigenvalue weighted by molar-refractivity contribution is 5.52. The van der Waals surface area contributed by atoms with Crippen molar-refractivity contribution in [2.24, 2.45) is 0 Å². The third kappa shape index (κ3) is 4.91. The van der Waals surface area contributed by atoms with E-state index >= 15 is 0 Å². The highest BCUT2D eigenvalue weighted by atomic mass is 15.1. The minimum atomic E-state index is 0.619. The predicted molar refractivity (Wildman–Crippen MR) is 73.8 cm³/mol. The lowest BCUT2D eigenvalue weighted by atomic mass is 10.3. The smallest absolute Gasteiger partial charge is 0.227 e. The Hall–Kier alpha value is -2.82. The summed E-state index contributed by atoms with van der Waals surface area (Å²) in [4.78, 5) is 15.5. The number of para-hydroxylation sites is 1. The number of hydrogen-bond donors (Lipinski definition) is 1. The zero-order valence-corrected chi connectivity index (χ0v) is 10.2. The van der Waals surface area contributed by atoms with Crippen LogP contribution in [0.5, 0.6) is 0 Å². The highest BCUT2D eigenvalue weighted by Gasteiger charge is 1.92. The summed E-state index contributed by atoms with van der Waals surface area (Å²) >= 11 is 0. The Morgan fingerprint density at radius 3 is 1.84 bits per heavy atom. The summed E-state index contributed by atoms with van der Waals surface area (Å²) in [6.45, 7) is 0. The van der Waals surface area contributed by atoms with E-state index in [0.717, 1.165) is 5.69 Å². The third-order valence-corrected chi connectivity index (χ3v) is 2.07. The van der Waals surface area contributed by atoms with Crippen LogP contribution < -0.4 is 5.32 Å². The number of hydrogen-bond acceptors (Lipinski definition) is 5. The number of benzene rings is 1. The van der Waals surface area contributed by atoms with Crippen molar-refractivity contribution in [1.82, 2.24) is 19.9 Å². The first-order valence-electron chi connectivity index (χ1n) is 5.74. The van der Waals surface area contributed by atoms with Crippen molar-refractivity contribution in [3.63, 3.8) is 0 Å². The Labute approximate surface area is 111 Å². The van der Waals surface area contributed by atoms with Crippen molar-refractivity contribution in [3.05, 3.63) is 73.6 Å². The average molecular weight is 251 g/mol. The van der Waals surface area contributed by atoms with Crippen LogP contribution in [-0.2, 0) is 0 Å². The number of anilines is 2. The molecule has 0 spiro atoms. The quantitative estimate of drug-likeness (QED) is 0.758. The van der Waals surface area contributed by atoms with Gasteiger partial charge >= 0.3 is 0 Å². The Morgan fingerprint density at radius 1 is 0.684 bits per heavy atom. The maximum atomic E-state index is 4.05. The second kappa shape index (κ2) is 7.50. The summed E-state index contributed by atoms with van der Waals surface area (Å²) in [7, 11) is 0. The fourth-order valence-corrected chi connectivity index (χ4v) is 1.27. The summed E-state index contributed by atoms with van der Waals surface area (Å²) in [6, 6.07) is 13.4. The molecule has 94 valence electrons. The molecule has 0 atom stereocenters. The Balaban J connectivity index is 0.000000186. The van der Waals surface area contributed by atoms with Gasteiger partial charge in [0.2, 0.25) is 5.95 Å². The van der Waals surface area contributed by atoms with Crippen molar-refractivity contribution in [3.8, 4) is 0 Å². The fourth-order valence-electron chi connectivity index (χ4n) is 1.27. The van der Waals surface area contributed by atoms with Gasteiger partial charge in [0.15, 0.2) is 0 Å². The van der Waals surface area contributed by atoms with Gasteiger partial charge in [-0.1, -0.05) is 18.2 Å². The number of aromatic nitrogens is 4. The van der Waals surface area contributed by atoms with Gasteiger partial charge in [-0.05, 0) is 24.3 Å². The molecule has 0 unspecified atom stereocenters. The van der Waals surface area contributed by atoms with Gasteiger partial charge in [0.25, 0.3) is 0 Å². The first kappa shape index (κ1) is 12.6. The predicted octanol–water partition coefficient (Wildman–Crippen LogP) is 2.70. The van der Waals surface area contributed by atoms with Gasteiger partial charge in [-0.15, -0.1) is 0 Å². The van der Waals surface area contributed by atoms with Crippen molar-refractivity contribution < 1.29 is 0 Å². The number of rotatable bonds is 2. The summed E-state index contributed by atoms with van der Waals surface area (Å²) in [5.74, 6) is 0.619. The lowest BCUT2D eigenvalue weighted by molar-refractivity contribution is 1.17. The van der Waals surface area contributed by atoms with Gasteiger partial charge in [-0.25, -0.2) is 19.9 Å². The van der Waals surface area contributed by atoms with E-state index in [1.807, 2.05) is 30.3 Å². The van der Waals surface area contributed by atoms with Crippen LogP contribution in [0.3, 0.4) is 0 Å². The first-order chi connectivity index (χ1) is 9.45. The SMILES string of the molecule is c1ccc(Nc2ncccn2)cc1.c1cncnc1. The average Bonchev–Trinajstić information content (AvgIpc) is 2.52. The molecule has 5 nitrogen and oxygen atoms in total. The highest BCUT2D eigenvalue weighted by Crippen LogP contribution is 2.09. The molecule has 2 heterocycles. The van der Waals surface area contributed by atoms with E-state index in [4.69, 9.17) is 0 Å². The number of nitrogens with zero attached hydrogens (tertiary/aromatic N) is 4. The normalized spacial score (nSPS) is 9.05. The summed E-state index contributed by atoms with van der Waals surface area (Å²) in [5.41, 5.74) is 0.994. The first-order valence-corrected chi connectivity index (χ1v) is 5.74. The lowest BCUT2D eigenvalue weighted by Crippen LogP contribution is -1.94. The van der Waals surface area contributed by atoms with Gasteiger partial charge in [-0.3, -0.25) is 0 Å². The monoisotopic (exact) mass is 251 g/mol. The lowest BCUT2D eigenvalue weighted by Gasteiger charge is -2.02. The second-order valence-electron chi connectivity index (χ2n) is 3.47. The van der Waals surface area contributed by atoms with Gasteiger partial charge in [0.05, 0.1) is 0 Å². The maximum absolute atomic E-state index is 4.05. The molecule has 3 aromatic rings. The third-order valence-electron chi connectivity index (χ3n) is 2.07. The molecule has 19 heavy (non-hydrogen) atoms. The van der Waals surface area contributed by atoms with E-state index in [1.165, 1.54) is 6.33 Å². The van der Waals surface area contributed by atoms with Crippen LogP contribution in [0, 0.1) is 0 Å². The van der Waals surface area contributed by atoms with E-state index in [9.17, 15) is 0 Å². The summed E-state index contributed by atoms with van der Waals surface area (Å²) in [6.07, 6.45) is 8.29. The molecule has 0 aliphatic heterocycles. The standard InChI is InChI=1S/C10H9N3.C4H4N2/c1-2-5-9(6-3-1)13-10-11-7-4-8-12-10;1-2-5-4-6-3-1/h1-8H,(H,11,12,13);1-4H. The molecule has 1 aromatic carbocycles. The molecular formula is C14H13N5. The maximum Gasteiger partial charge on any atom is 0.227 e. The Morgan fingerprint density at radius 2 is 1.32 bits per heavy atom. The minimum absolute atomic E-state index is 0.619. The van der Waals surface area contributed by atoms with Gasteiger partial charge < -0.3 is 5.32 Å².